The second-order valence-electron chi connectivity index (χ2n) is 7.51. The van der Waals surface area contributed by atoms with Crippen LogP contribution in [0.4, 0.5) is 5.69 Å². The number of methoxy groups -OCH3 is 2. The number of amides is 2. The van der Waals surface area contributed by atoms with E-state index in [4.69, 9.17) is 21.1 Å². The lowest BCUT2D eigenvalue weighted by Gasteiger charge is -2.34. The third-order valence-corrected chi connectivity index (χ3v) is 5.89. The summed E-state index contributed by atoms with van der Waals surface area (Å²) in [5.74, 6) is 0.352. The van der Waals surface area contributed by atoms with Crippen molar-refractivity contribution in [2.45, 2.75) is 0 Å². The summed E-state index contributed by atoms with van der Waals surface area (Å²) in [7, 11) is 5.14. The normalized spacial score (nSPS) is 17.5. The van der Waals surface area contributed by atoms with Crippen molar-refractivity contribution >= 4 is 34.7 Å². The van der Waals surface area contributed by atoms with Crippen molar-refractivity contribution < 1.29 is 19.1 Å². The summed E-state index contributed by atoms with van der Waals surface area (Å²) < 4.78 is 10.8. The predicted molar refractivity (Wildman–Crippen MR) is 119 cm³/mol. The molecule has 0 unspecified atom stereocenters. The third kappa shape index (κ3) is 3.86. The Morgan fingerprint density at radius 3 is 2.10 bits per heavy atom. The molecule has 0 saturated carbocycles. The van der Waals surface area contributed by atoms with Gasteiger partial charge in [0, 0.05) is 31.2 Å². The lowest BCUT2D eigenvalue weighted by molar-refractivity contribution is -0.120. The van der Waals surface area contributed by atoms with Gasteiger partial charge in [-0.1, -0.05) is 17.7 Å². The molecule has 0 bridgehead atoms. The number of ether oxygens (including phenoxy) is 2. The highest BCUT2D eigenvalue weighted by Gasteiger charge is 2.43. The Kier molecular flexibility index (Phi) is 5.89. The maximum Gasteiger partial charge on any atom is 0.282 e. The Labute approximate surface area is 186 Å². The first-order chi connectivity index (χ1) is 14.9. The highest BCUT2D eigenvalue weighted by molar-refractivity contribution is 6.45. The molecular formula is C23H24ClN3O4. The van der Waals surface area contributed by atoms with E-state index in [1.807, 2.05) is 11.9 Å². The first-order valence-corrected chi connectivity index (χ1v) is 10.4. The van der Waals surface area contributed by atoms with Crippen LogP contribution < -0.4 is 14.4 Å². The van der Waals surface area contributed by atoms with Crippen LogP contribution in [0.1, 0.15) is 5.56 Å². The molecule has 8 heteroatoms. The van der Waals surface area contributed by atoms with Crippen molar-refractivity contribution in [3.05, 3.63) is 58.7 Å². The van der Waals surface area contributed by atoms with E-state index in [0.717, 1.165) is 13.1 Å². The summed E-state index contributed by atoms with van der Waals surface area (Å²) in [5, 5.41) is 0.537. The van der Waals surface area contributed by atoms with E-state index in [-0.39, 0.29) is 11.8 Å². The van der Waals surface area contributed by atoms with E-state index in [1.54, 1.807) is 56.7 Å². The maximum absolute atomic E-state index is 13.6. The molecule has 2 aromatic rings. The van der Waals surface area contributed by atoms with E-state index >= 15 is 0 Å². The smallest absolute Gasteiger partial charge is 0.282 e. The number of hydrogen-bond acceptors (Lipinski definition) is 6. The van der Waals surface area contributed by atoms with Crippen molar-refractivity contribution in [3.63, 3.8) is 0 Å². The van der Waals surface area contributed by atoms with E-state index < -0.39 is 0 Å². The van der Waals surface area contributed by atoms with E-state index in [0.29, 0.717) is 52.1 Å². The summed E-state index contributed by atoms with van der Waals surface area (Å²) in [6.45, 7) is 2.95. The molecule has 0 spiro atoms. The summed E-state index contributed by atoms with van der Waals surface area (Å²) in [6, 6.07) is 12.0. The van der Waals surface area contributed by atoms with Gasteiger partial charge in [-0.15, -0.1) is 0 Å². The van der Waals surface area contributed by atoms with Gasteiger partial charge in [0.25, 0.3) is 11.8 Å². The van der Waals surface area contributed by atoms with Crippen molar-refractivity contribution in [2.75, 3.05) is 52.3 Å². The lowest BCUT2D eigenvalue weighted by atomic mass is 10.0. The molecule has 2 aromatic carbocycles. The van der Waals surface area contributed by atoms with Gasteiger partial charge in [0.2, 0.25) is 0 Å². The molecule has 7 nitrogen and oxygen atoms in total. The van der Waals surface area contributed by atoms with Crippen molar-refractivity contribution in [1.29, 1.82) is 0 Å². The van der Waals surface area contributed by atoms with Crippen LogP contribution in [0.15, 0.2) is 48.2 Å². The lowest BCUT2D eigenvalue weighted by Crippen LogP contribution is -2.46. The fraction of sp³-hybridized carbons (Fsp3) is 0.304. The van der Waals surface area contributed by atoms with Crippen molar-refractivity contribution in [2.24, 2.45) is 0 Å². The zero-order valence-electron chi connectivity index (χ0n) is 17.7. The van der Waals surface area contributed by atoms with Crippen molar-refractivity contribution in [1.82, 2.24) is 9.80 Å². The molecule has 0 aromatic heterocycles. The van der Waals surface area contributed by atoms with Crippen LogP contribution >= 0.6 is 11.6 Å². The van der Waals surface area contributed by atoms with Gasteiger partial charge in [0.05, 0.1) is 25.5 Å². The largest absolute Gasteiger partial charge is 0.493 e. The fourth-order valence-corrected chi connectivity index (χ4v) is 4.04. The molecule has 0 radical (unpaired) electrons. The molecule has 0 atom stereocenters. The third-order valence-electron chi connectivity index (χ3n) is 5.64. The molecule has 162 valence electrons. The van der Waals surface area contributed by atoms with Crippen LogP contribution in [0, 0.1) is 0 Å². The van der Waals surface area contributed by atoms with Gasteiger partial charge in [-0.25, -0.2) is 4.90 Å². The molecule has 2 heterocycles. The maximum atomic E-state index is 13.6. The number of nitrogens with zero attached hydrogens (tertiary/aromatic N) is 3. The van der Waals surface area contributed by atoms with Gasteiger partial charge in [0.1, 0.15) is 5.70 Å². The van der Waals surface area contributed by atoms with Gasteiger partial charge in [-0.2, -0.15) is 0 Å². The highest BCUT2D eigenvalue weighted by Crippen LogP contribution is 2.38. The first kappa shape index (κ1) is 21.2. The number of hydrogen-bond donors (Lipinski definition) is 0. The van der Waals surface area contributed by atoms with Gasteiger partial charge in [-0.05, 0) is 49.0 Å². The molecule has 1 saturated heterocycles. The molecule has 1 fully saturated rings. The van der Waals surface area contributed by atoms with E-state index in [2.05, 4.69) is 4.90 Å². The molecule has 2 aliphatic heterocycles. The summed E-state index contributed by atoms with van der Waals surface area (Å²) in [6.07, 6.45) is 0. The zero-order chi connectivity index (χ0) is 22.1. The Morgan fingerprint density at radius 1 is 0.839 bits per heavy atom. The monoisotopic (exact) mass is 441 g/mol. The average molecular weight is 442 g/mol. The molecule has 2 aliphatic rings. The van der Waals surface area contributed by atoms with Gasteiger partial charge in [0.15, 0.2) is 11.5 Å². The van der Waals surface area contributed by atoms with E-state index in [9.17, 15) is 9.59 Å². The summed E-state index contributed by atoms with van der Waals surface area (Å²) in [5.41, 5.74) is 1.88. The van der Waals surface area contributed by atoms with Crippen LogP contribution in [0.5, 0.6) is 11.5 Å². The number of carbonyl (C=O) groups is 2. The number of rotatable bonds is 5. The topological polar surface area (TPSA) is 62.3 Å². The van der Waals surface area contributed by atoms with Gasteiger partial charge < -0.3 is 19.3 Å². The molecule has 0 aliphatic carbocycles. The molecule has 31 heavy (non-hydrogen) atoms. The van der Waals surface area contributed by atoms with E-state index in [1.165, 1.54) is 4.90 Å². The Balaban J connectivity index is 1.83. The summed E-state index contributed by atoms with van der Waals surface area (Å²) in [4.78, 5) is 32.5. The standard InChI is InChI=1S/C23H24ClN3O4/c1-25-10-12-26(13-11-25)21-20(15-4-9-18(30-2)19(14-15)31-3)22(28)27(23(21)29)17-7-5-16(24)6-8-17/h4-9,14H,10-13H2,1-3H3. The van der Waals surface area contributed by atoms with Gasteiger partial charge in [-0.3, -0.25) is 9.59 Å². The minimum absolute atomic E-state index is 0.332. The predicted octanol–water partition coefficient (Wildman–Crippen LogP) is 2.89. The van der Waals surface area contributed by atoms with Crippen LogP contribution in [-0.4, -0.2) is 69.1 Å². The van der Waals surface area contributed by atoms with Crippen molar-refractivity contribution in [3.8, 4) is 11.5 Å². The first-order valence-electron chi connectivity index (χ1n) is 9.99. The number of likely N-dealkylation sites (N-methyl/N-ethyl adjacent to an activating group) is 1. The summed E-state index contributed by atoms with van der Waals surface area (Å²) >= 11 is 6.00. The highest BCUT2D eigenvalue weighted by atomic mass is 35.5. The van der Waals surface area contributed by atoms with Crippen LogP contribution in [0.2, 0.25) is 5.02 Å². The fourth-order valence-electron chi connectivity index (χ4n) is 3.92. The number of benzene rings is 2. The number of halogens is 1. The zero-order valence-corrected chi connectivity index (χ0v) is 18.5. The molecular weight excluding hydrogens is 418 g/mol. The SMILES string of the molecule is COc1ccc(C2=C(N3CCN(C)CC3)C(=O)N(c3ccc(Cl)cc3)C2=O)cc1OC. The Hall–Kier alpha value is -3.03. The second kappa shape index (κ2) is 8.61. The Morgan fingerprint density at radius 2 is 1.48 bits per heavy atom. The second-order valence-corrected chi connectivity index (χ2v) is 7.94. The molecule has 4 rings (SSSR count). The van der Waals surface area contributed by atoms with Crippen LogP contribution in [0.3, 0.4) is 0 Å². The minimum Gasteiger partial charge on any atom is -0.493 e. The minimum atomic E-state index is -0.367. The quantitative estimate of drug-likeness (QED) is 0.665. The van der Waals surface area contributed by atoms with Crippen LogP contribution in [-0.2, 0) is 9.59 Å². The number of carbonyl (C=O) groups excluding carboxylic acids is 2. The number of imide groups is 1. The number of piperazine rings is 1. The number of anilines is 1. The van der Waals surface area contributed by atoms with Crippen LogP contribution in [0.25, 0.3) is 5.57 Å². The average Bonchev–Trinajstić information content (AvgIpc) is 3.04. The van der Waals surface area contributed by atoms with Gasteiger partial charge >= 0.3 is 0 Å². The molecule has 0 N–H and O–H groups in total. The molecule has 2 amide bonds. The Bertz CT molecular complexity index is 1040.